The molecule has 5 heteroatoms. The maximum atomic E-state index is 9.64. The highest BCUT2D eigenvalue weighted by Crippen LogP contribution is 2.44. The number of hydrogen-bond donors (Lipinski definition) is 3. The Labute approximate surface area is 90.9 Å². The fourth-order valence-corrected chi connectivity index (χ4v) is 3.69. The highest BCUT2D eigenvalue weighted by atomic mass is 32.2. The highest BCUT2D eigenvalue weighted by molar-refractivity contribution is 8.16. The molecule has 14 heavy (non-hydrogen) atoms. The quantitative estimate of drug-likeness (QED) is 0.688. The number of hydrogen-bond acceptors (Lipinski definition) is 5. The molecule has 0 unspecified atom stereocenters. The Balaban J connectivity index is 2.22. The number of phenols is 2. The van der Waals surface area contributed by atoms with Gasteiger partial charge in [-0.15, -0.1) is 23.5 Å². The maximum Gasteiger partial charge on any atom is 0.124 e. The zero-order chi connectivity index (χ0) is 9.97. The van der Waals surface area contributed by atoms with Crippen LogP contribution >= 0.6 is 23.5 Å². The zero-order valence-electron chi connectivity index (χ0n) is 7.43. The molecule has 1 aromatic rings. The SMILES string of the molecule is Oc1ccc(C2SCNCS2)c(O)c1. The average molecular weight is 229 g/mol. The topological polar surface area (TPSA) is 52.5 Å². The van der Waals surface area contributed by atoms with E-state index in [-0.39, 0.29) is 16.1 Å². The fraction of sp³-hybridized carbons (Fsp3) is 0.333. The van der Waals surface area contributed by atoms with Gasteiger partial charge in [-0.1, -0.05) is 0 Å². The van der Waals surface area contributed by atoms with Crippen molar-refractivity contribution in [2.75, 3.05) is 11.8 Å². The monoisotopic (exact) mass is 229 g/mol. The normalized spacial score (nSPS) is 18.3. The summed E-state index contributed by atoms with van der Waals surface area (Å²) in [6.45, 7) is 0. The van der Waals surface area contributed by atoms with Gasteiger partial charge >= 0.3 is 0 Å². The largest absolute Gasteiger partial charge is 0.508 e. The van der Waals surface area contributed by atoms with Crippen LogP contribution in [0.4, 0.5) is 0 Å². The Kier molecular flexibility index (Phi) is 3.10. The third-order valence-electron chi connectivity index (χ3n) is 1.94. The molecular weight excluding hydrogens is 218 g/mol. The van der Waals surface area contributed by atoms with Crippen LogP contribution in [-0.2, 0) is 0 Å². The minimum atomic E-state index is 0.107. The van der Waals surface area contributed by atoms with Crippen LogP contribution in [0.25, 0.3) is 0 Å². The van der Waals surface area contributed by atoms with E-state index < -0.39 is 0 Å². The standard InChI is InChI=1S/C9H11NO2S2/c11-6-1-2-7(8(12)3-6)9-13-4-10-5-14-9/h1-3,9-12H,4-5H2. The van der Waals surface area contributed by atoms with E-state index in [2.05, 4.69) is 5.32 Å². The van der Waals surface area contributed by atoms with Gasteiger partial charge < -0.3 is 10.2 Å². The van der Waals surface area contributed by atoms with Gasteiger partial charge in [-0.2, -0.15) is 0 Å². The zero-order valence-corrected chi connectivity index (χ0v) is 9.07. The first kappa shape index (κ1) is 10.0. The Morgan fingerprint density at radius 3 is 2.57 bits per heavy atom. The molecule has 1 saturated heterocycles. The molecule has 0 saturated carbocycles. The number of thioether (sulfide) groups is 2. The van der Waals surface area contributed by atoms with Crippen molar-refractivity contribution in [3.63, 3.8) is 0 Å². The van der Waals surface area contributed by atoms with Crippen molar-refractivity contribution in [3.8, 4) is 11.5 Å². The van der Waals surface area contributed by atoms with E-state index in [9.17, 15) is 5.11 Å². The lowest BCUT2D eigenvalue weighted by atomic mass is 10.2. The van der Waals surface area contributed by atoms with E-state index >= 15 is 0 Å². The van der Waals surface area contributed by atoms with E-state index in [4.69, 9.17) is 5.11 Å². The molecule has 0 radical (unpaired) electrons. The van der Waals surface area contributed by atoms with Gasteiger partial charge in [0.25, 0.3) is 0 Å². The summed E-state index contributed by atoms with van der Waals surface area (Å²) in [5, 5.41) is 22.0. The van der Waals surface area contributed by atoms with Crippen LogP contribution in [0.2, 0.25) is 0 Å². The number of nitrogens with one attached hydrogen (secondary N) is 1. The lowest BCUT2D eigenvalue weighted by Crippen LogP contribution is -2.18. The van der Waals surface area contributed by atoms with Gasteiger partial charge in [-0.25, -0.2) is 0 Å². The summed E-state index contributed by atoms with van der Waals surface area (Å²) < 4.78 is 0.261. The molecule has 1 heterocycles. The lowest BCUT2D eigenvalue weighted by Gasteiger charge is -2.22. The van der Waals surface area contributed by atoms with Crippen LogP contribution in [-0.4, -0.2) is 22.0 Å². The molecule has 1 aromatic carbocycles. The smallest absolute Gasteiger partial charge is 0.124 e. The first-order chi connectivity index (χ1) is 6.77. The third-order valence-corrected chi connectivity index (χ3v) is 4.61. The second kappa shape index (κ2) is 4.33. The molecule has 1 aliphatic heterocycles. The van der Waals surface area contributed by atoms with Crippen LogP contribution in [0.5, 0.6) is 11.5 Å². The number of benzene rings is 1. The number of rotatable bonds is 1. The predicted octanol–water partition coefficient (Wildman–Crippen LogP) is 2.08. The van der Waals surface area contributed by atoms with Crippen molar-refractivity contribution in [1.82, 2.24) is 5.32 Å². The third kappa shape index (κ3) is 2.10. The van der Waals surface area contributed by atoms with Gasteiger partial charge in [0, 0.05) is 23.4 Å². The molecule has 0 atom stereocenters. The van der Waals surface area contributed by atoms with E-state index in [0.29, 0.717) is 0 Å². The predicted molar refractivity (Wildman–Crippen MR) is 60.6 cm³/mol. The van der Waals surface area contributed by atoms with E-state index in [1.165, 1.54) is 6.07 Å². The van der Waals surface area contributed by atoms with Crippen molar-refractivity contribution >= 4 is 23.5 Å². The van der Waals surface area contributed by atoms with Crippen molar-refractivity contribution in [1.29, 1.82) is 0 Å². The van der Waals surface area contributed by atoms with E-state index in [0.717, 1.165) is 17.3 Å². The van der Waals surface area contributed by atoms with Crippen molar-refractivity contribution in [2.45, 2.75) is 4.58 Å². The number of aromatic hydroxyl groups is 2. The Hall–Kier alpha value is -0.520. The molecule has 3 nitrogen and oxygen atoms in total. The van der Waals surface area contributed by atoms with Gasteiger partial charge in [-0.3, -0.25) is 5.32 Å². The van der Waals surface area contributed by atoms with Crippen LogP contribution < -0.4 is 5.32 Å². The van der Waals surface area contributed by atoms with E-state index in [1.54, 1.807) is 35.7 Å². The summed E-state index contributed by atoms with van der Waals surface area (Å²) in [7, 11) is 0. The molecule has 0 aromatic heterocycles. The summed E-state index contributed by atoms with van der Waals surface area (Å²) in [4.78, 5) is 0. The van der Waals surface area contributed by atoms with Crippen LogP contribution in [0.3, 0.4) is 0 Å². The molecular formula is C9H11NO2S2. The molecule has 0 bridgehead atoms. The summed E-state index contributed by atoms with van der Waals surface area (Å²) in [5.74, 6) is 2.09. The molecule has 0 aliphatic carbocycles. The maximum absolute atomic E-state index is 9.64. The number of phenolic OH excluding ortho intramolecular Hbond substituents is 2. The molecule has 3 N–H and O–H groups in total. The van der Waals surface area contributed by atoms with Crippen molar-refractivity contribution in [2.24, 2.45) is 0 Å². The first-order valence-electron chi connectivity index (χ1n) is 4.23. The van der Waals surface area contributed by atoms with Crippen LogP contribution in [0.1, 0.15) is 10.1 Å². The summed E-state index contributed by atoms with van der Waals surface area (Å²) >= 11 is 3.49. The summed E-state index contributed by atoms with van der Waals surface area (Å²) in [6.07, 6.45) is 0. The molecule has 1 fully saturated rings. The first-order valence-corrected chi connectivity index (χ1v) is 6.33. The Morgan fingerprint density at radius 2 is 1.93 bits per heavy atom. The van der Waals surface area contributed by atoms with Crippen molar-refractivity contribution in [3.05, 3.63) is 23.8 Å². The van der Waals surface area contributed by atoms with Crippen molar-refractivity contribution < 1.29 is 10.2 Å². The van der Waals surface area contributed by atoms with Crippen LogP contribution in [0, 0.1) is 0 Å². The molecule has 0 amide bonds. The lowest BCUT2D eigenvalue weighted by molar-refractivity contribution is 0.447. The average Bonchev–Trinajstić information content (AvgIpc) is 2.19. The van der Waals surface area contributed by atoms with Gasteiger partial charge in [0.15, 0.2) is 0 Å². The van der Waals surface area contributed by atoms with Gasteiger partial charge in [0.05, 0.1) is 4.58 Å². The fourth-order valence-electron chi connectivity index (χ4n) is 1.27. The second-order valence-electron chi connectivity index (χ2n) is 2.95. The van der Waals surface area contributed by atoms with E-state index in [1.807, 2.05) is 0 Å². The summed E-state index contributed by atoms with van der Waals surface area (Å²) in [6, 6.07) is 4.78. The van der Waals surface area contributed by atoms with Gasteiger partial charge in [0.1, 0.15) is 11.5 Å². The van der Waals surface area contributed by atoms with Gasteiger partial charge in [-0.05, 0) is 12.1 Å². The second-order valence-corrected chi connectivity index (χ2v) is 5.43. The molecule has 0 spiro atoms. The highest BCUT2D eigenvalue weighted by Gasteiger charge is 2.19. The Morgan fingerprint density at radius 1 is 1.21 bits per heavy atom. The Bertz CT molecular complexity index is 327. The summed E-state index contributed by atoms with van der Waals surface area (Å²) in [5.41, 5.74) is 0.888. The minimum Gasteiger partial charge on any atom is -0.508 e. The van der Waals surface area contributed by atoms with Crippen LogP contribution in [0.15, 0.2) is 18.2 Å². The van der Waals surface area contributed by atoms with Gasteiger partial charge in [0.2, 0.25) is 0 Å². The minimum absolute atomic E-state index is 0.107. The molecule has 2 rings (SSSR count). The molecule has 76 valence electrons. The molecule has 1 aliphatic rings.